The van der Waals surface area contributed by atoms with E-state index in [0.29, 0.717) is 11.5 Å². The van der Waals surface area contributed by atoms with Gasteiger partial charge >= 0.3 is 0 Å². The lowest BCUT2D eigenvalue weighted by atomic mass is 10.3. The van der Waals surface area contributed by atoms with Crippen molar-refractivity contribution in [2.45, 2.75) is 19.9 Å². The van der Waals surface area contributed by atoms with Crippen molar-refractivity contribution in [1.29, 1.82) is 0 Å². The zero-order valence-electron chi connectivity index (χ0n) is 5.98. The molecule has 0 amide bonds. The molecule has 9 heavy (non-hydrogen) atoms. The normalized spacial score (nSPS) is 12.3. The zero-order chi connectivity index (χ0) is 7.44. The van der Waals surface area contributed by atoms with E-state index in [4.69, 9.17) is 10.5 Å². The molecule has 2 N–H and O–H groups in total. The first-order chi connectivity index (χ1) is 4.04. The predicted octanol–water partition coefficient (Wildman–Crippen LogP) is 1.40. The van der Waals surface area contributed by atoms with Crippen LogP contribution in [0.3, 0.4) is 0 Å². The van der Waals surface area contributed by atoms with Gasteiger partial charge in [-0.05, 0) is 13.8 Å². The first-order valence-corrected chi connectivity index (χ1v) is 2.81. The fourth-order valence-electron chi connectivity index (χ4n) is 0.317. The summed E-state index contributed by atoms with van der Waals surface area (Å²) in [4.78, 5) is 0. The Kier molecular flexibility index (Phi) is 3.02. The van der Waals surface area contributed by atoms with Crippen LogP contribution in [0.25, 0.3) is 0 Å². The maximum atomic E-state index is 5.42. The van der Waals surface area contributed by atoms with Crippen molar-refractivity contribution < 1.29 is 4.74 Å². The van der Waals surface area contributed by atoms with Gasteiger partial charge in [0.1, 0.15) is 5.76 Å². The molecule has 0 aliphatic rings. The highest BCUT2D eigenvalue weighted by atomic mass is 16.5. The molecule has 2 heteroatoms. The molecule has 52 valence electrons. The van der Waals surface area contributed by atoms with E-state index < -0.39 is 0 Å². The second-order valence-corrected chi connectivity index (χ2v) is 2.06. The lowest BCUT2D eigenvalue weighted by Crippen LogP contribution is -2.18. The number of rotatable bonds is 3. The monoisotopic (exact) mass is 127 g/mol. The van der Waals surface area contributed by atoms with Gasteiger partial charge in [0.2, 0.25) is 0 Å². The minimum absolute atomic E-state index is 0.123. The van der Waals surface area contributed by atoms with Crippen LogP contribution in [0.2, 0.25) is 0 Å². The van der Waals surface area contributed by atoms with Gasteiger partial charge in [0.15, 0.2) is 0 Å². The fraction of sp³-hybridized carbons (Fsp3) is 0.429. The highest BCUT2D eigenvalue weighted by Gasteiger charge is 1.99. The summed E-state index contributed by atoms with van der Waals surface area (Å²) >= 11 is 0. The van der Waals surface area contributed by atoms with Crippen molar-refractivity contribution in [2.24, 2.45) is 5.73 Å². The lowest BCUT2D eigenvalue weighted by Gasteiger charge is -2.09. The molecule has 0 heterocycles. The first-order valence-electron chi connectivity index (χ1n) is 2.81. The van der Waals surface area contributed by atoms with Crippen LogP contribution in [0.4, 0.5) is 0 Å². The van der Waals surface area contributed by atoms with Gasteiger partial charge in [-0.25, -0.2) is 0 Å². The Labute approximate surface area is 56.0 Å². The maximum Gasteiger partial charge on any atom is 0.113 e. The minimum atomic E-state index is -0.123. The molecular formula is C7H13NO. The molecule has 0 aromatic carbocycles. The number of hydrogen-bond acceptors (Lipinski definition) is 2. The van der Waals surface area contributed by atoms with E-state index in [1.165, 1.54) is 0 Å². The Hall–Kier alpha value is -0.760. The molecule has 0 saturated heterocycles. The molecule has 0 bridgehead atoms. The summed E-state index contributed by atoms with van der Waals surface area (Å²) in [6.07, 6.45) is 0. The Balaban J connectivity index is 3.64. The van der Waals surface area contributed by atoms with Crippen molar-refractivity contribution in [3.8, 4) is 0 Å². The van der Waals surface area contributed by atoms with Crippen LogP contribution < -0.4 is 5.73 Å². The van der Waals surface area contributed by atoms with Crippen LogP contribution in [0.1, 0.15) is 13.8 Å². The second kappa shape index (κ2) is 3.30. The SMILES string of the molecule is C=C(C)OC(=C)C(C)N. The number of hydrogen-bond donors (Lipinski definition) is 1. The van der Waals surface area contributed by atoms with Crippen LogP contribution in [-0.2, 0) is 4.74 Å². The maximum absolute atomic E-state index is 5.42. The molecule has 0 aromatic heterocycles. The average molecular weight is 127 g/mol. The van der Waals surface area contributed by atoms with Gasteiger partial charge in [0, 0.05) is 0 Å². The standard InChI is InChI=1S/C7H13NO/c1-5(2)9-7(4)6(3)8/h6H,1,4,8H2,2-3H3. The summed E-state index contributed by atoms with van der Waals surface area (Å²) in [6.45, 7) is 10.7. The van der Waals surface area contributed by atoms with E-state index in [2.05, 4.69) is 13.2 Å². The second-order valence-electron chi connectivity index (χ2n) is 2.06. The largest absolute Gasteiger partial charge is 0.466 e. The van der Waals surface area contributed by atoms with Gasteiger partial charge in [-0.3, -0.25) is 0 Å². The lowest BCUT2D eigenvalue weighted by molar-refractivity contribution is 0.287. The Morgan fingerprint density at radius 2 is 2.00 bits per heavy atom. The summed E-state index contributed by atoms with van der Waals surface area (Å²) in [5.74, 6) is 1.18. The molecule has 0 aliphatic heterocycles. The molecule has 2 nitrogen and oxygen atoms in total. The van der Waals surface area contributed by atoms with Gasteiger partial charge in [-0.1, -0.05) is 13.2 Å². The molecule has 1 atom stereocenters. The summed E-state index contributed by atoms with van der Waals surface area (Å²) in [5.41, 5.74) is 5.42. The highest BCUT2D eigenvalue weighted by Crippen LogP contribution is 2.03. The van der Waals surface area contributed by atoms with Crippen molar-refractivity contribution >= 4 is 0 Å². The van der Waals surface area contributed by atoms with Gasteiger partial charge < -0.3 is 10.5 Å². The Morgan fingerprint density at radius 1 is 1.56 bits per heavy atom. The van der Waals surface area contributed by atoms with Crippen molar-refractivity contribution in [3.63, 3.8) is 0 Å². The van der Waals surface area contributed by atoms with Gasteiger partial charge in [0.05, 0.1) is 11.8 Å². The van der Waals surface area contributed by atoms with E-state index in [-0.39, 0.29) is 6.04 Å². The van der Waals surface area contributed by atoms with Crippen molar-refractivity contribution in [1.82, 2.24) is 0 Å². The zero-order valence-corrected chi connectivity index (χ0v) is 5.98. The summed E-state index contributed by atoms with van der Waals surface area (Å²) in [7, 11) is 0. The minimum Gasteiger partial charge on any atom is -0.466 e. The van der Waals surface area contributed by atoms with Crippen molar-refractivity contribution in [2.75, 3.05) is 0 Å². The van der Waals surface area contributed by atoms with Gasteiger partial charge in [0.25, 0.3) is 0 Å². The van der Waals surface area contributed by atoms with Crippen LogP contribution in [-0.4, -0.2) is 6.04 Å². The molecule has 0 rings (SSSR count). The van der Waals surface area contributed by atoms with E-state index in [1.807, 2.05) is 6.92 Å². The van der Waals surface area contributed by atoms with Crippen LogP contribution in [0.15, 0.2) is 24.7 Å². The third kappa shape index (κ3) is 3.79. The van der Waals surface area contributed by atoms with E-state index in [0.717, 1.165) is 0 Å². The molecule has 0 fully saturated rings. The smallest absolute Gasteiger partial charge is 0.113 e. The quantitative estimate of drug-likeness (QED) is 0.581. The third-order valence-electron chi connectivity index (χ3n) is 0.813. The topological polar surface area (TPSA) is 35.2 Å². The molecule has 1 unspecified atom stereocenters. The molecule has 0 radical (unpaired) electrons. The van der Waals surface area contributed by atoms with Crippen LogP contribution >= 0.6 is 0 Å². The van der Waals surface area contributed by atoms with Crippen molar-refractivity contribution in [3.05, 3.63) is 24.7 Å². The molecule has 0 aromatic rings. The highest BCUT2D eigenvalue weighted by molar-refractivity contribution is 4.96. The number of ether oxygens (including phenoxy) is 1. The summed E-state index contributed by atoms with van der Waals surface area (Å²) in [6, 6.07) is -0.123. The van der Waals surface area contributed by atoms with Crippen LogP contribution in [0, 0.1) is 0 Å². The van der Waals surface area contributed by atoms with E-state index >= 15 is 0 Å². The number of allylic oxidation sites excluding steroid dienone is 1. The molecule has 0 saturated carbocycles. The third-order valence-corrected chi connectivity index (χ3v) is 0.813. The molecule has 0 spiro atoms. The predicted molar refractivity (Wildman–Crippen MR) is 38.7 cm³/mol. The Bertz CT molecular complexity index is 127. The fourth-order valence-corrected chi connectivity index (χ4v) is 0.317. The van der Waals surface area contributed by atoms with Crippen LogP contribution in [0.5, 0.6) is 0 Å². The first kappa shape index (κ1) is 8.24. The molecular weight excluding hydrogens is 114 g/mol. The van der Waals surface area contributed by atoms with E-state index in [9.17, 15) is 0 Å². The average Bonchev–Trinajstić information content (AvgIpc) is 1.63. The van der Waals surface area contributed by atoms with Gasteiger partial charge in [-0.2, -0.15) is 0 Å². The molecule has 0 aliphatic carbocycles. The summed E-state index contributed by atoms with van der Waals surface area (Å²) in [5, 5.41) is 0. The number of nitrogens with two attached hydrogens (primary N) is 1. The van der Waals surface area contributed by atoms with E-state index in [1.54, 1.807) is 6.92 Å². The Morgan fingerprint density at radius 3 is 2.11 bits per heavy atom. The summed E-state index contributed by atoms with van der Waals surface area (Å²) < 4.78 is 5.00. The van der Waals surface area contributed by atoms with Gasteiger partial charge in [-0.15, -0.1) is 0 Å².